The van der Waals surface area contributed by atoms with E-state index < -0.39 is 17.5 Å². The second-order valence-corrected chi connectivity index (χ2v) is 9.16. The number of halogens is 1. The molecule has 1 heterocycles. The van der Waals surface area contributed by atoms with Crippen LogP contribution in [0, 0.1) is 0 Å². The summed E-state index contributed by atoms with van der Waals surface area (Å²) in [6, 6.07) is 14.4. The van der Waals surface area contributed by atoms with Gasteiger partial charge in [-0.3, -0.25) is 9.59 Å². The maximum absolute atomic E-state index is 13.9. The predicted molar refractivity (Wildman–Crippen MR) is 130 cm³/mol. The molecular formula is C26H29ClN2O5. The van der Waals surface area contributed by atoms with Gasteiger partial charge in [0.05, 0.1) is 20.5 Å². The van der Waals surface area contributed by atoms with E-state index >= 15 is 0 Å². The second kappa shape index (κ2) is 10.7. The molecule has 0 saturated heterocycles. The highest BCUT2D eigenvalue weighted by molar-refractivity contribution is 6.31. The van der Waals surface area contributed by atoms with Crippen molar-refractivity contribution in [1.82, 2.24) is 10.2 Å². The number of amides is 2. The lowest BCUT2D eigenvalue weighted by Gasteiger charge is -2.32. The largest absolute Gasteiger partial charge is 0.493 e. The molecule has 7 nitrogen and oxygen atoms in total. The average Bonchev–Trinajstić information content (AvgIpc) is 3.32. The Labute approximate surface area is 204 Å². The van der Waals surface area contributed by atoms with Gasteiger partial charge in [0, 0.05) is 22.7 Å². The van der Waals surface area contributed by atoms with E-state index in [0.29, 0.717) is 33.4 Å². The SMILES string of the molecule is COc1ccc(C(=O)N(Cc2ccccc2Cl)C(C(=O)NC(C)(C)C)c2ccco2)cc1OC. The Kier molecular flexibility index (Phi) is 7.89. The Balaban J connectivity index is 2.12. The third-order valence-corrected chi connectivity index (χ3v) is 5.43. The van der Waals surface area contributed by atoms with Gasteiger partial charge in [-0.15, -0.1) is 0 Å². The van der Waals surface area contributed by atoms with E-state index in [2.05, 4.69) is 5.32 Å². The van der Waals surface area contributed by atoms with Crippen LogP contribution in [0.2, 0.25) is 5.02 Å². The minimum Gasteiger partial charge on any atom is -0.493 e. The van der Waals surface area contributed by atoms with Crippen LogP contribution in [0.1, 0.15) is 48.5 Å². The molecule has 0 fully saturated rings. The Bertz CT molecular complexity index is 1140. The van der Waals surface area contributed by atoms with Crippen LogP contribution in [0.15, 0.2) is 65.3 Å². The van der Waals surface area contributed by atoms with Crippen molar-refractivity contribution in [2.75, 3.05) is 14.2 Å². The molecule has 0 aliphatic carbocycles. The van der Waals surface area contributed by atoms with Gasteiger partial charge in [0.15, 0.2) is 17.5 Å². The van der Waals surface area contributed by atoms with E-state index in [0.717, 1.165) is 0 Å². The fourth-order valence-corrected chi connectivity index (χ4v) is 3.73. The first-order valence-corrected chi connectivity index (χ1v) is 11.1. The number of methoxy groups -OCH3 is 2. The van der Waals surface area contributed by atoms with Crippen LogP contribution in [-0.2, 0) is 11.3 Å². The van der Waals surface area contributed by atoms with Crippen molar-refractivity contribution in [3.8, 4) is 11.5 Å². The van der Waals surface area contributed by atoms with E-state index in [1.807, 2.05) is 39.0 Å². The van der Waals surface area contributed by atoms with Gasteiger partial charge in [0.1, 0.15) is 5.76 Å². The lowest BCUT2D eigenvalue weighted by Crippen LogP contribution is -2.49. The zero-order valence-electron chi connectivity index (χ0n) is 19.9. The van der Waals surface area contributed by atoms with Crippen molar-refractivity contribution in [1.29, 1.82) is 0 Å². The highest BCUT2D eigenvalue weighted by Gasteiger charge is 2.36. The summed E-state index contributed by atoms with van der Waals surface area (Å²) in [5, 5.41) is 3.45. The van der Waals surface area contributed by atoms with Gasteiger partial charge < -0.3 is 24.1 Å². The van der Waals surface area contributed by atoms with E-state index in [4.69, 9.17) is 25.5 Å². The fourth-order valence-electron chi connectivity index (χ4n) is 3.53. The number of carbonyl (C=O) groups excluding carboxylic acids is 2. The number of benzene rings is 2. The minimum absolute atomic E-state index is 0.0791. The number of nitrogens with zero attached hydrogens (tertiary/aromatic N) is 1. The number of rotatable bonds is 8. The van der Waals surface area contributed by atoms with Crippen molar-refractivity contribution in [2.24, 2.45) is 0 Å². The monoisotopic (exact) mass is 484 g/mol. The normalized spacial score (nSPS) is 12.1. The van der Waals surface area contributed by atoms with Gasteiger partial charge in [-0.1, -0.05) is 29.8 Å². The zero-order chi connectivity index (χ0) is 24.9. The maximum Gasteiger partial charge on any atom is 0.255 e. The molecule has 2 aromatic carbocycles. The summed E-state index contributed by atoms with van der Waals surface area (Å²) in [5.41, 5.74) is 0.493. The second-order valence-electron chi connectivity index (χ2n) is 8.75. The lowest BCUT2D eigenvalue weighted by molar-refractivity contribution is -0.128. The zero-order valence-corrected chi connectivity index (χ0v) is 20.7. The summed E-state index contributed by atoms with van der Waals surface area (Å²) < 4.78 is 16.3. The van der Waals surface area contributed by atoms with E-state index in [1.54, 1.807) is 36.4 Å². The highest BCUT2D eigenvalue weighted by Crippen LogP contribution is 2.32. The summed E-state index contributed by atoms with van der Waals surface area (Å²) in [7, 11) is 3.02. The average molecular weight is 485 g/mol. The molecule has 0 bridgehead atoms. The molecule has 3 rings (SSSR count). The topological polar surface area (TPSA) is 81.0 Å². The molecule has 3 aromatic rings. The van der Waals surface area contributed by atoms with Crippen LogP contribution in [-0.4, -0.2) is 36.5 Å². The summed E-state index contributed by atoms with van der Waals surface area (Å²) in [6.07, 6.45) is 1.47. The maximum atomic E-state index is 13.9. The molecule has 1 unspecified atom stereocenters. The fraction of sp³-hybridized carbons (Fsp3) is 0.308. The van der Waals surface area contributed by atoms with Crippen molar-refractivity contribution in [2.45, 2.75) is 38.9 Å². The van der Waals surface area contributed by atoms with Crippen LogP contribution < -0.4 is 14.8 Å². The van der Waals surface area contributed by atoms with Crippen LogP contribution in [0.3, 0.4) is 0 Å². The third-order valence-electron chi connectivity index (χ3n) is 5.06. The molecule has 1 atom stereocenters. The van der Waals surface area contributed by atoms with Gasteiger partial charge in [0.2, 0.25) is 0 Å². The van der Waals surface area contributed by atoms with E-state index in [-0.39, 0.29) is 12.5 Å². The van der Waals surface area contributed by atoms with Crippen LogP contribution >= 0.6 is 11.6 Å². The summed E-state index contributed by atoms with van der Waals surface area (Å²) in [4.78, 5) is 28.8. The van der Waals surface area contributed by atoms with Crippen molar-refractivity contribution < 1.29 is 23.5 Å². The molecule has 0 aliphatic heterocycles. The van der Waals surface area contributed by atoms with E-state index in [9.17, 15) is 9.59 Å². The first-order chi connectivity index (χ1) is 16.1. The van der Waals surface area contributed by atoms with Gasteiger partial charge >= 0.3 is 0 Å². The molecule has 0 aliphatic rings. The minimum atomic E-state index is -1.04. The van der Waals surface area contributed by atoms with Crippen LogP contribution in [0.25, 0.3) is 0 Å². The Morgan fingerprint density at radius 2 is 1.74 bits per heavy atom. The lowest BCUT2D eigenvalue weighted by atomic mass is 10.0. The Hall–Kier alpha value is -3.45. The molecule has 1 aromatic heterocycles. The number of nitrogens with one attached hydrogen (secondary N) is 1. The molecule has 0 spiro atoms. The molecule has 0 saturated carbocycles. The molecule has 8 heteroatoms. The summed E-state index contributed by atoms with van der Waals surface area (Å²) in [5.74, 6) is 0.460. The molecule has 0 radical (unpaired) electrons. The van der Waals surface area contributed by atoms with E-state index in [1.165, 1.54) is 25.4 Å². The van der Waals surface area contributed by atoms with Gasteiger partial charge in [-0.25, -0.2) is 0 Å². The molecule has 1 N–H and O–H groups in total. The van der Waals surface area contributed by atoms with Gasteiger partial charge in [0.25, 0.3) is 11.8 Å². The number of hydrogen-bond acceptors (Lipinski definition) is 5. The van der Waals surface area contributed by atoms with Gasteiger partial charge in [-0.2, -0.15) is 0 Å². The Morgan fingerprint density at radius 3 is 2.32 bits per heavy atom. The van der Waals surface area contributed by atoms with Crippen LogP contribution in [0.4, 0.5) is 0 Å². The van der Waals surface area contributed by atoms with Gasteiger partial charge in [-0.05, 0) is 62.7 Å². The van der Waals surface area contributed by atoms with Crippen molar-refractivity contribution >= 4 is 23.4 Å². The summed E-state index contributed by atoms with van der Waals surface area (Å²) in [6.45, 7) is 5.70. The molecule has 34 heavy (non-hydrogen) atoms. The third kappa shape index (κ3) is 5.91. The highest BCUT2D eigenvalue weighted by atomic mass is 35.5. The molecular weight excluding hydrogens is 456 g/mol. The van der Waals surface area contributed by atoms with Crippen LogP contribution in [0.5, 0.6) is 11.5 Å². The predicted octanol–water partition coefficient (Wildman–Crippen LogP) is 5.25. The number of hydrogen-bond donors (Lipinski definition) is 1. The first-order valence-electron chi connectivity index (χ1n) is 10.8. The number of furan rings is 1. The standard InChI is InChI=1S/C26H29ClN2O5/c1-26(2,3)28-24(30)23(21-11-8-14-34-21)29(16-18-9-6-7-10-19(18)27)25(31)17-12-13-20(32-4)22(15-17)33-5/h6-15,23H,16H2,1-5H3,(H,28,30). The molecule has 180 valence electrons. The smallest absolute Gasteiger partial charge is 0.255 e. The first kappa shape index (κ1) is 25.2. The molecule has 2 amide bonds. The number of ether oxygens (including phenoxy) is 2. The summed E-state index contributed by atoms with van der Waals surface area (Å²) >= 11 is 6.42. The number of carbonyl (C=O) groups is 2. The Morgan fingerprint density at radius 1 is 1.03 bits per heavy atom. The van der Waals surface area contributed by atoms with Crippen molar-refractivity contribution in [3.05, 3.63) is 82.8 Å². The quantitative estimate of drug-likeness (QED) is 0.472. The van der Waals surface area contributed by atoms with Crippen molar-refractivity contribution in [3.63, 3.8) is 0 Å².